The van der Waals surface area contributed by atoms with Gasteiger partial charge >= 0.3 is 0 Å². The van der Waals surface area contributed by atoms with E-state index in [-0.39, 0.29) is 0 Å². The molecule has 1 nitrogen and oxygen atoms in total. The van der Waals surface area contributed by atoms with E-state index in [0.717, 1.165) is 38.4 Å². The fourth-order valence-electron chi connectivity index (χ4n) is 0.862. The first-order chi connectivity index (χ1) is 5.31. The Labute approximate surface area is 75.1 Å². The quantitative estimate of drug-likeness (QED) is 0.430. The number of rotatable bonds is 7. The van der Waals surface area contributed by atoms with Crippen molar-refractivity contribution in [3.05, 3.63) is 0 Å². The van der Waals surface area contributed by atoms with Crippen molar-refractivity contribution in [2.75, 3.05) is 19.1 Å². The Hall–Kier alpha value is 0.250. The highest BCUT2D eigenvalue weighted by Gasteiger charge is 1.99. The first-order valence-electron chi connectivity index (χ1n) is 4.45. The zero-order valence-corrected chi connectivity index (χ0v) is 8.36. The maximum Gasteiger partial charge on any atom is 0.0468 e. The summed E-state index contributed by atoms with van der Waals surface area (Å²) in [6, 6.07) is 0. The Kier molecular flexibility index (Phi) is 8.54. The van der Waals surface area contributed by atoms with Gasteiger partial charge in [0, 0.05) is 19.1 Å². The van der Waals surface area contributed by atoms with Crippen LogP contribution < -0.4 is 0 Å². The molecule has 0 aromatic rings. The molecule has 2 heteroatoms. The third-order valence-electron chi connectivity index (χ3n) is 1.71. The summed E-state index contributed by atoms with van der Waals surface area (Å²) in [7, 11) is 0. The Morgan fingerprint density at radius 2 is 2.00 bits per heavy atom. The number of halogens is 1. The van der Waals surface area contributed by atoms with Crippen LogP contribution in [0.1, 0.15) is 33.1 Å². The van der Waals surface area contributed by atoms with Crippen LogP contribution in [0.2, 0.25) is 0 Å². The summed E-state index contributed by atoms with van der Waals surface area (Å²) in [4.78, 5) is 0. The van der Waals surface area contributed by atoms with Crippen molar-refractivity contribution in [3.63, 3.8) is 0 Å². The molecule has 0 N–H and O–H groups in total. The highest BCUT2D eigenvalue weighted by molar-refractivity contribution is 6.17. The van der Waals surface area contributed by atoms with E-state index in [2.05, 4.69) is 13.8 Å². The van der Waals surface area contributed by atoms with Crippen molar-refractivity contribution >= 4 is 11.6 Å². The molecule has 0 saturated carbocycles. The number of hydrogen-bond donors (Lipinski definition) is 0. The van der Waals surface area contributed by atoms with Crippen molar-refractivity contribution < 1.29 is 4.74 Å². The van der Waals surface area contributed by atoms with E-state index in [0.29, 0.717) is 5.92 Å². The largest absolute Gasteiger partial charge is 0.381 e. The molecule has 0 heterocycles. The summed E-state index contributed by atoms with van der Waals surface area (Å²) < 4.78 is 5.36. The molecule has 0 radical (unpaired) electrons. The molecule has 0 amide bonds. The molecule has 0 aliphatic heterocycles. The summed E-state index contributed by atoms with van der Waals surface area (Å²) >= 11 is 5.60. The molecule has 0 aliphatic rings. The highest BCUT2D eigenvalue weighted by Crippen LogP contribution is 2.07. The third-order valence-corrected chi connectivity index (χ3v) is 1.92. The molecule has 0 rings (SSSR count). The van der Waals surface area contributed by atoms with Crippen molar-refractivity contribution in [1.82, 2.24) is 0 Å². The molecule has 0 aromatic heterocycles. The monoisotopic (exact) mass is 178 g/mol. The summed E-state index contributed by atoms with van der Waals surface area (Å²) in [5, 5.41) is 0. The minimum Gasteiger partial charge on any atom is -0.381 e. The predicted molar refractivity (Wildman–Crippen MR) is 50.2 cm³/mol. The Bertz CT molecular complexity index is 76.0. The Morgan fingerprint density at radius 3 is 2.55 bits per heavy atom. The molecule has 0 aromatic carbocycles. The van der Waals surface area contributed by atoms with E-state index in [1.165, 1.54) is 0 Å². The topological polar surface area (TPSA) is 9.23 Å². The van der Waals surface area contributed by atoms with Crippen LogP contribution in [0.25, 0.3) is 0 Å². The molecule has 11 heavy (non-hydrogen) atoms. The van der Waals surface area contributed by atoms with Gasteiger partial charge in [0.15, 0.2) is 0 Å². The van der Waals surface area contributed by atoms with Gasteiger partial charge in [-0.2, -0.15) is 0 Å². The summed E-state index contributed by atoms with van der Waals surface area (Å²) in [5.74, 6) is 1.49. The fraction of sp³-hybridized carbons (Fsp3) is 1.00. The van der Waals surface area contributed by atoms with E-state index >= 15 is 0 Å². The lowest BCUT2D eigenvalue weighted by Gasteiger charge is -2.08. The van der Waals surface area contributed by atoms with Crippen LogP contribution in [-0.4, -0.2) is 19.1 Å². The minimum atomic E-state index is 0.712. The molecule has 1 atom stereocenters. The van der Waals surface area contributed by atoms with E-state index < -0.39 is 0 Å². The summed E-state index contributed by atoms with van der Waals surface area (Å²) in [6.45, 7) is 6.14. The number of alkyl halides is 1. The van der Waals surface area contributed by atoms with Crippen LogP contribution >= 0.6 is 11.6 Å². The van der Waals surface area contributed by atoms with Crippen LogP contribution in [0.4, 0.5) is 0 Å². The van der Waals surface area contributed by atoms with Gasteiger partial charge in [0.05, 0.1) is 0 Å². The fourth-order valence-corrected chi connectivity index (χ4v) is 1.23. The van der Waals surface area contributed by atoms with Crippen LogP contribution in [0.3, 0.4) is 0 Å². The highest BCUT2D eigenvalue weighted by atomic mass is 35.5. The van der Waals surface area contributed by atoms with Gasteiger partial charge in [-0.05, 0) is 25.2 Å². The maximum atomic E-state index is 5.60. The minimum absolute atomic E-state index is 0.712. The van der Waals surface area contributed by atoms with E-state index in [4.69, 9.17) is 16.3 Å². The first-order valence-corrected chi connectivity index (χ1v) is 4.98. The van der Waals surface area contributed by atoms with Gasteiger partial charge in [-0.25, -0.2) is 0 Å². The lowest BCUT2D eigenvalue weighted by Crippen LogP contribution is -2.03. The van der Waals surface area contributed by atoms with Crippen molar-refractivity contribution in [1.29, 1.82) is 0 Å². The van der Waals surface area contributed by atoms with Crippen molar-refractivity contribution in [3.8, 4) is 0 Å². The van der Waals surface area contributed by atoms with Gasteiger partial charge < -0.3 is 4.74 Å². The second-order valence-electron chi connectivity index (χ2n) is 2.98. The number of hydrogen-bond acceptors (Lipinski definition) is 1. The molecule has 0 aliphatic carbocycles. The van der Waals surface area contributed by atoms with Crippen LogP contribution in [-0.2, 0) is 4.74 Å². The smallest absolute Gasteiger partial charge is 0.0468 e. The SMILES string of the molecule is CCCOCCC(C)CCCl. The number of ether oxygens (including phenoxy) is 1. The maximum absolute atomic E-state index is 5.60. The first kappa shape index (κ1) is 11.2. The summed E-state index contributed by atoms with van der Waals surface area (Å²) in [5.41, 5.74) is 0. The molecule has 0 saturated heterocycles. The Balaban J connectivity index is 2.97. The average molecular weight is 179 g/mol. The standard InChI is InChI=1S/C9H19ClO/c1-3-7-11-8-5-9(2)4-6-10/h9H,3-8H2,1-2H3. The van der Waals surface area contributed by atoms with Gasteiger partial charge in [0.25, 0.3) is 0 Å². The predicted octanol–water partition coefficient (Wildman–Crippen LogP) is 3.07. The van der Waals surface area contributed by atoms with Gasteiger partial charge in [0.1, 0.15) is 0 Å². The van der Waals surface area contributed by atoms with E-state index in [1.807, 2.05) is 0 Å². The summed E-state index contributed by atoms with van der Waals surface area (Å²) in [6.07, 6.45) is 3.37. The van der Waals surface area contributed by atoms with Gasteiger partial charge in [-0.15, -0.1) is 11.6 Å². The lowest BCUT2D eigenvalue weighted by molar-refractivity contribution is 0.122. The molecule has 68 valence electrons. The van der Waals surface area contributed by atoms with Crippen molar-refractivity contribution in [2.24, 2.45) is 5.92 Å². The normalized spacial score (nSPS) is 13.4. The molecule has 0 bridgehead atoms. The second-order valence-corrected chi connectivity index (χ2v) is 3.36. The molecule has 0 fully saturated rings. The third kappa shape index (κ3) is 8.15. The van der Waals surface area contributed by atoms with Crippen LogP contribution in [0, 0.1) is 5.92 Å². The molecular weight excluding hydrogens is 160 g/mol. The van der Waals surface area contributed by atoms with Crippen LogP contribution in [0.15, 0.2) is 0 Å². The second kappa shape index (κ2) is 8.35. The van der Waals surface area contributed by atoms with E-state index in [1.54, 1.807) is 0 Å². The zero-order valence-electron chi connectivity index (χ0n) is 7.61. The molecule has 0 spiro atoms. The van der Waals surface area contributed by atoms with Gasteiger partial charge in [-0.3, -0.25) is 0 Å². The van der Waals surface area contributed by atoms with Gasteiger partial charge in [-0.1, -0.05) is 13.8 Å². The average Bonchev–Trinajstić information content (AvgIpc) is 1.99. The molecule has 1 unspecified atom stereocenters. The Morgan fingerprint density at radius 1 is 1.27 bits per heavy atom. The molecular formula is C9H19ClO. The lowest BCUT2D eigenvalue weighted by atomic mass is 10.1. The van der Waals surface area contributed by atoms with Gasteiger partial charge in [0.2, 0.25) is 0 Å². The van der Waals surface area contributed by atoms with Crippen LogP contribution in [0.5, 0.6) is 0 Å². The van der Waals surface area contributed by atoms with Crippen molar-refractivity contribution in [2.45, 2.75) is 33.1 Å². The van der Waals surface area contributed by atoms with E-state index in [9.17, 15) is 0 Å². The zero-order chi connectivity index (χ0) is 8.53.